The number of phenolic OH excluding ortho intramolecular Hbond substituents is 2. The molecule has 2 aliphatic rings. The fraction of sp³-hybridized carbons (Fsp3) is 0.0909. The average Bonchev–Trinajstić information content (AvgIpc) is 3.04. The predicted molar refractivity (Wildman–Crippen MR) is 141 cm³/mol. The van der Waals surface area contributed by atoms with E-state index >= 15 is 0 Å². The first-order chi connectivity index (χ1) is 15.6. The Labute approximate surface area is 226 Å². The van der Waals surface area contributed by atoms with Gasteiger partial charge < -0.3 is 25.0 Å². The van der Waals surface area contributed by atoms with Crippen LogP contribution in [0.25, 0.3) is 0 Å². The number of fused-ring (bicyclic) bond motifs is 6. The number of aromatic hydroxyl groups is 2. The number of hydrogen-bond donors (Lipinski definition) is 3. The van der Waals surface area contributed by atoms with Crippen molar-refractivity contribution in [2.45, 2.75) is 12.5 Å². The maximum Gasteiger partial charge on any atom is 0.340 e. The molecular formula is C22H11Br4NO5S. The molecule has 3 aromatic rings. The lowest BCUT2D eigenvalue weighted by Gasteiger charge is -2.37. The molecule has 0 saturated heterocycles. The topological polar surface area (TPSA) is 88.0 Å². The Morgan fingerprint density at radius 2 is 1.48 bits per heavy atom. The van der Waals surface area contributed by atoms with Gasteiger partial charge in [-0.15, -0.1) is 0 Å². The zero-order valence-corrected chi connectivity index (χ0v) is 23.6. The summed E-state index contributed by atoms with van der Waals surface area (Å²) < 4.78 is 13.6. The van der Waals surface area contributed by atoms with Crippen LogP contribution in [0, 0.1) is 0 Å². The number of esters is 1. The van der Waals surface area contributed by atoms with E-state index in [4.69, 9.17) is 21.7 Å². The number of benzene rings is 3. The Hall–Kier alpha value is -1.66. The average molecular weight is 721 g/mol. The minimum absolute atomic E-state index is 0.0784. The van der Waals surface area contributed by atoms with E-state index in [1.165, 1.54) is 0 Å². The number of hydrogen-bond acceptors (Lipinski definition) is 6. The van der Waals surface area contributed by atoms with Crippen LogP contribution in [0.1, 0.15) is 34.0 Å². The van der Waals surface area contributed by atoms with Gasteiger partial charge >= 0.3 is 5.97 Å². The Morgan fingerprint density at radius 1 is 0.939 bits per heavy atom. The summed E-state index contributed by atoms with van der Waals surface area (Å²) in [6.07, 6.45) is 0. The highest BCUT2D eigenvalue weighted by atomic mass is 79.9. The van der Waals surface area contributed by atoms with Gasteiger partial charge in [0.15, 0.2) is 17.1 Å². The number of nitrogens with one attached hydrogen (secondary N) is 1. The van der Waals surface area contributed by atoms with Crippen LogP contribution in [0.3, 0.4) is 0 Å². The van der Waals surface area contributed by atoms with E-state index in [1.54, 1.807) is 31.2 Å². The van der Waals surface area contributed by atoms with E-state index in [0.29, 0.717) is 41.9 Å². The van der Waals surface area contributed by atoms with Gasteiger partial charge in [-0.2, -0.15) is 0 Å². The Kier molecular flexibility index (Phi) is 5.56. The third-order valence-electron chi connectivity index (χ3n) is 5.45. The molecule has 0 atom stereocenters. The van der Waals surface area contributed by atoms with Gasteiger partial charge in [-0.3, -0.25) is 0 Å². The first-order valence-electron chi connectivity index (χ1n) is 9.32. The second-order valence-corrected chi connectivity index (χ2v) is 11.3. The molecule has 0 unspecified atom stereocenters. The van der Waals surface area contributed by atoms with E-state index in [9.17, 15) is 15.0 Å². The van der Waals surface area contributed by atoms with E-state index < -0.39 is 11.6 Å². The third-order valence-corrected chi connectivity index (χ3v) is 8.23. The number of halogens is 4. The highest BCUT2D eigenvalue weighted by Gasteiger charge is 2.55. The van der Waals surface area contributed by atoms with Crippen LogP contribution in [-0.4, -0.2) is 21.2 Å². The first kappa shape index (κ1) is 23.1. The molecule has 0 radical (unpaired) electrons. The molecule has 33 heavy (non-hydrogen) atoms. The predicted octanol–water partition coefficient (Wildman–Crippen LogP) is 7.48. The van der Waals surface area contributed by atoms with Crippen molar-refractivity contribution < 1.29 is 24.5 Å². The van der Waals surface area contributed by atoms with Crippen molar-refractivity contribution in [1.29, 1.82) is 0 Å². The van der Waals surface area contributed by atoms with Crippen molar-refractivity contribution in [2.75, 3.05) is 5.32 Å². The van der Waals surface area contributed by atoms with Gasteiger partial charge in [-0.25, -0.2) is 4.79 Å². The minimum atomic E-state index is -1.40. The molecule has 2 heterocycles. The van der Waals surface area contributed by atoms with Crippen molar-refractivity contribution in [2.24, 2.45) is 0 Å². The number of rotatable bonds is 1. The number of carbonyl (C=O) groups is 1. The summed E-state index contributed by atoms with van der Waals surface area (Å²) >= 11 is 18.7. The molecule has 0 amide bonds. The van der Waals surface area contributed by atoms with Crippen LogP contribution >= 0.6 is 75.9 Å². The fourth-order valence-electron chi connectivity index (χ4n) is 4.10. The second-order valence-electron chi connectivity index (χ2n) is 7.41. The van der Waals surface area contributed by atoms with Crippen LogP contribution in [0.2, 0.25) is 0 Å². The summed E-state index contributed by atoms with van der Waals surface area (Å²) in [6, 6.07) is 8.60. The Morgan fingerprint density at radius 3 is 2.00 bits per heavy atom. The van der Waals surface area contributed by atoms with Crippen LogP contribution in [0.5, 0.6) is 23.0 Å². The maximum atomic E-state index is 13.2. The summed E-state index contributed by atoms with van der Waals surface area (Å²) in [5.74, 6) is -0.183. The van der Waals surface area contributed by atoms with Crippen molar-refractivity contribution in [3.05, 3.63) is 70.5 Å². The van der Waals surface area contributed by atoms with Gasteiger partial charge in [0.1, 0.15) is 20.4 Å². The highest BCUT2D eigenvalue weighted by molar-refractivity contribution is 9.11. The molecule has 3 N–H and O–H groups in total. The van der Waals surface area contributed by atoms with Crippen LogP contribution < -0.4 is 10.1 Å². The zero-order valence-electron chi connectivity index (χ0n) is 16.4. The number of phenols is 2. The SMILES string of the molecule is CC(=S)Nc1ccc2c(c1)C(=O)OC21c2cc(Br)c(O)c(Br)c2Oc2c1cc(Br)c(O)c2Br. The van der Waals surface area contributed by atoms with Crippen molar-refractivity contribution in [3.63, 3.8) is 0 Å². The molecule has 5 rings (SSSR count). The van der Waals surface area contributed by atoms with E-state index in [2.05, 4.69) is 69.0 Å². The lowest BCUT2D eigenvalue weighted by molar-refractivity contribution is 0.0222. The second kappa shape index (κ2) is 7.94. The zero-order chi connectivity index (χ0) is 23.8. The quantitative estimate of drug-likeness (QED) is 0.178. The minimum Gasteiger partial charge on any atom is -0.505 e. The number of thiocarbonyl (C=S) groups is 1. The molecule has 11 heteroatoms. The smallest absolute Gasteiger partial charge is 0.340 e. The van der Waals surface area contributed by atoms with Gasteiger partial charge in [0.2, 0.25) is 0 Å². The number of ether oxygens (including phenoxy) is 2. The fourth-order valence-corrected chi connectivity index (χ4v) is 6.62. The lowest BCUT2D eigenvalue weighted by Crippen LogP contribution is -2.33. The molecule has 0 fully saturated rings. The molecule has 168 valence electrons. The standard InChI is InChI=1S/C22H11Br4NO5S/c1-7(33)27-8-2-3-10-9(4-8)21(30)32-22(10)11-5-13(23)17(28)15(25)19(11)31-20-12(22)6-14(24)18(29)16(20)26/h2-6,28-29H,1H3,(H,27,33). The van der Waals surface area contributed by atoms with Gasteiger partial charge in [0.25, 0.3) is 0 Å². The van der Waals surface area contributed by atoms with Crippen LogP contribution in [0.4, 0.5) is 5.69 Å². The lowest BCUT2D eigenvalue weighted by atomic mass is 9.77. The van der Waals surface area contributed by atoms with Crippen molar-refractivity contribution >= 4 is 92.6 Å². The van der Waals surface area contributed by atoms with Gasteiger partial charge in [-0.1, -0.05) is 18.3 Å². The molecule has 0 aromatic heterocycles. The summed E-state index contributed by atoms with van der Waals surface area (Å²) in [6.45, 7) is 1.75. The molecule has 0 aliphatic carbocycles. The van der Waals surface area contributed by atoms with E-state index in [0.717, 1.165) is 0 Å². The molecule has 6 nitrogen and oxygen atoms in total. The van der Waals surface area contributed by atoms with Crippen LogP contribution in [-0.2, 0) is 10.3 Å². The molecule has 3 aromatic carbocycles. The van der Waals surface area contributed by atoms with Gasteiger partial charge in [-0.05, 0) is 94.9 Å². The summed E-state index contributed by atoms with van der Waals surface area (Å²) in [7, 11) is 0. The normalized spacial score (nSPS) is 14.8. The number of carbonyl (C=O) groups excluding carboxylic acids is 1. The van der Waals surface area contributed by atoms with Crippen LogP contribution in [0.15, 0.2) is 48.2 Å². The summed E-state index contributed by atoms with van der Waals surface area (Å²) in [4.78, 5) is 13.8. The maximum absolute atomic E-state index is 13.2. The highest BCUT2D eigenvalue weighted by Crippen LogP contribution is 2.62. The van der Waals surface area contributed by atoms with E-state index in [1.807, 2.05) is 6.07 Å². The molecule has 0 bridgehead atoms. The largest absolute Gasteiger partial charge is 0.505 e. The summed E-state index contributed by atoms with van der Waals surface area (Å²) in [5, 5.41) is 24.1. The first-order valence-corrected chi connectivity index (χ1v) is 12.9. The molecule has 1 spiro atoms. The van der Waals surface area contributed by atoms with Gasteiger partial charge in [0.05, 0.1) is 30.6 Å². The molecular weight excluding hydrogens is 710 g/mol. The van der Waals surface area contributed by atoms with Crippen molar-refractivity contribution in [3.8, 4) is 23.0 Å². The van der Waals surface area contributed by atoms with Gasteiger partial charge in [0, 0.05) is 11.3 Å². The van der Waals surface area contributed by atoms with Crippen molar-refractivity contribution in [1.82, 2.24) is 0 Å². The monoisotopic (exact) mass is 717 g/mol. The van der Waals surface area contributed by atoms with E-state index in [-0.39, 0.29) is 31.9 Å². The Balaban J connectivity index is 1.90. The summed E-state index contributed by atoms with van der Waals surface area (Å²) in [5.41, 5.74) is 1.18. The Bertz CT molecular complexity index is 1360. The molecule has 2 aliphatic heterocycles. The number of anilines is 1. The molecule has 0 saturated carbocycles. The third kappa shape index (κ3) is 3.27.